The number of aromatic nitrogens is 5. The molecule has 1 saturated carbocycles. The molecule has 1 amide bonds. The van der Waals surface area contributed by atoms with Crippen molar-refractivity contribution in [3.05, 3.63) is 17.5 Å². The van der Waals surface area contributed by atoms with Gasteiger partial charge in [-0.15, -0.1) is 5.10 Å². The molecule has 1 aliphatic heterocycles. The van der Waals surface area contributed by atoms with E-state index in [0.717, 1.165) is 5.56 Å². The Bertz CT molecular complexity index is 802. The molecule has 4 rings (SSSR count). The Morgan fingerprint density at radius 2 is 2.12 bits per heavy atom. The summed E-state index contributed by atoms with van der Waals surface area (Å²) in [4.78, 5) is 12.0. The summed E-state index contributed by atoms with van der Waals surface area (Å²) in [6.45, 7) is 1.16. The van der Waals surface area contributed by atoms with Gasteiger partial charge in [0.05, 0.1) is 6.20 Å². The highest BCUT2D eigenvalue weighted by Gasteiger charge is 2.35. The lowest BCUT2D eigenvalue weighted by Crippen LogP contribution is -2.33. The molecule has 0 unspecified atom stereocenters. The van der Waals surface area contributed by atoms with Crippen molar-refractivity contribution in [3.63, 3.8) is 0 Å². The van der Waals surface area contributed by atoms with Crippen LogP contribution in [0.3, 0.4) is 0 Å². The van der Waals surface area contributed by atoms with Gasteiger partial charge < -0.3 is 5.32 Å². The van der Waals surface area contributed by atoms with Gasteiger partial charge in [-0.1, -0.05) is 5.21 Å². The molecular formula is C16H20F2N6O. The van der Waals surface area contributed by atoms with Gasteiger partial charge in [0.15, 0.2) is 0 Å². The molecule has 0 aromatic carbocycles. The molecule has 25 heavy (non-hydrogen) atoms. The summed E-state index contributed by atoms with van der Waals surface area (Å²) in [5.41, 5.74) is 2.74. The van der Waals surface area contributed by atoms with Crippen molar-refractivity contribution in [1.82, 2.24) is 30.1 Å². The second-order valence-electron chi connectivity index (χ2n) is 6.93. The van der Waals surface area contributed by atoms with Crippen LogP contribution >= 0.6 is 0 Å². The molecule has 2 aliphatic rings. The summed E-state index contributed by atoms with van der Waals surface area (Å²) >= 11 is 0. The number of carbonyl (C=O) groups is 1. The molecule has 1 N–H and O–H groups in total. The number of nitrogens with zero attached hydrogens (tertiary/aromatic N) is 5. The molecule has 0 atom stereocenters. The molecule has 7 nitrogen and oxygen atoms in total. The number of halogens is 2. The molecule has 2 aromatic rings. The maximum Gasteiger partial charge on any atom is 0.269 e. The van der Waals surface area contributed by atoms with Crippen molar-refractivity contribution < 1.29 is 13.6 Å². The van der Waals surface area contributed by atoms with E-state index >= 15 is 0 Å². The number of rotatable bonds is 3. The number of aryl methyl sites for hydroxylation is 1. The number of alkyl halides is 2. The number of nitrogens with one attached hydrogen (secondary N) is 1. The monoisotopic (exact) mass is 350 g/mol. The smallest absolute Gasteiger partial charge is 0.269 e. The Morgan fingerprint density at radius 1 is 1.36 bits per heavy atom. The molecule has 0 saturated heterocycles. The summed E-state index contributed by atoms with van der Waals surface area (Å²) in [5.74, 6) is -2.45. The fourth-order valence-electron chi connectivity index (χ4n) is 3.72. The second kappa shape index (κ2) is 5.89. The second-order valence-corrected chi connectivity index (χ2v) is 6.93. The lowest BCUT2D eigenvalue weighted by atomic mass is 9.87. The summed E-state index contributed by atoms with van der Waals surface area (Å²) in [7, 11) is 1.74. The summed E-state index contributed by atoms with van der Waals surface area (Å²) in [6, 6.07) is 0. The van der Waals surface area contributed by atoms with Crippen LogP contribution < -0.4 is 5.32 Å². The fourth-order valence-corrected chi connectivity index (χ4v) is 3.72. The van der Waals surface area contributed by atoms with Gasteiger partial charge >= 0.3 is 0 Å². The summed E-state index contributed by atoms with van der Waals surface area (Å²) < 4.78 is 29.8. The fraction of sp³-hybridized carbons (Fsp3) is 0.625. The standard InChI is InChI=1S/C16H20F2N6O/c1-23-14-11(4-7-19-15(14)25)13(21-23)12-9-24(22-20-12)8-10-2-5-16(17,18)6-3-10/h9-10H,2-8H2,1H3,(H,19,25). The van der Waals surface area contributed by atoms with Crippen molar-refractivity contribution in [2.75, 3.05) is 6.54 Å². The average molecular weight is 350 g/mol. The van der Waals surface area contributed by atoms with Crippen LogP contribution in [0.1, 0.15) is 41.7 Å². The minimum absolute atomic E-state index is 0.0535. The molecule has 0 spiro atoms. The first-order valence-electron chi connectivity index (χ1n) is 8.55. The first-order chi connectivity index (χ1) is 11.9. The van der Waals surface area contributed by atoms with Crippen molar-refractivity contribution in [1.29, 1.82) is 0 Å². The molecule has 0 bridgehead atoms. The highest BCUT2D eigenvalue weighted by molar-refractivity contribution is 5.96. The zero-order chi connectivity index (χ0) is 17.6. The topological polar surface area (TPSA) is 77.6 Å². The third-order valence-corrected chi connectivity index (χ3v) is 5.08. The Morgan fingerprint density at radius 3 is 2.88 bits per heavy atom. The minimum Gasteiger partial charge on any atom is -0.350 e. The van der Waals surface area contributed by atoms with Crippen molar-refractivity contribution >= 4 is 5.91 Å². The zero-order valence-corrected chi connectivity index (χ0v) is 14.0. The first kappa shape index (κ1) is 16.2. The van der Waals surface area contributed by atoms with Crippen LogP contribution in [-0.2, 0) is 20.0 Å². The van der Waals surface area contributed by atoms with Crippen LogP contribution in [0, 0.1) is 5.92 Å². The van der Waals surface area contributed by atoms with Crippen LogP contribution in [0.25, 0.3) is 11.4 Å². The number of fused-ring (bicyclic) bond motifs is 1. The summed E-state index contributed by atoms with van der Waals surface area (Å²) in [5, 5.41) is 15.6. The SMILES string of the molecule is Cn1nc(-c2cn(CC3CCC(F)(F)CC3)nn2)c2c1C(=O)NCC2. The van der Waals surface area contributed by atoms with Gasteiger partial charge in [0.2, 0.25) is 5.92 Å². The largest absolute Gasteiger partial charge is 0.350 e. The molecule has 1 fully saturated rings. The Kier molecular flexibility index (Phi) is 3.81. The zero-order valence-electron chi connectivity index (χ0n) is 14.0. The lowest BCUT2D eigenvalue weighted by molar-refractivity contribution is -0.0476. The quantitative estimate of drug-likeness (QED) is 0.915. The van der Waals surface area contributed by atoms with Crippen LogP contribution in [-0.4, -0.2) is 43.1 Å². The van der Waals surface area contributed by atoms with E-state index in [1.165, 1.54) is 0 Å². The van der Waals surface area contributed by atoms with E-state index in [0.29, 0.717) is 49.4 Å². The maximum atomic E-state index is 13.3. The van der Waals surface area contributed by atoms with Gasteiger partial charge in [-0.2, -0.15) is 5.10 Å². The maximum absolute atomic E-state index is 13.3. The first-order valence-corrected chi connectivity index (χ1v) is 8.55. The van der Waals surface area contributed by atoms with Crippen molar-refractivity contribution in [2.24, 2.45) is 13.0 Å². The molecule has 0 radical (unpaired) electrons. The molecule has 2 aromatic heterocycles. The highest BCUT2D eigenvalue weighted by atomic mass is 19.3. The van der Waals surface area contributed by atoms with Crippen LogP contribution in [0.2, 0.25) is 0 Å². The van der Waals surface area contributed by atoms with E-state index in [4.69, 9.17) is 0 Å². The highest BCUT2D eigenvalue weighted by Crippen LogP contribution is 2.36. The van der Waals surface area contributed by atoms with E-state index in [1.807, 2.05) is 0 Å². The van der Waals surface area contributed by atoms with E-state index in [-0.39, 0.29) is 24.7 Å². The van der Waals surface area contributed by atoms with E-state index < -0.39 is 5.92 Å². The van der Waals surface area contributed by atoms with Crippen molar-refractivity contribution in [3.8, 4) is 11.4 Å². The number of amides is 1. The number of hydrogen-bond acceptors (Lipinski definition) is 4. The van der Waals surface area contributed by atoms with Crippen LogP contribution in [0.5, 0.6) is 0 Å². The van der Waals surface area contributed by atoms with Crippen LogP contribution in [0.15, 0.2) is 6.20 Å². The number of carbonyl (C=O) groups excluding carboxylic acids is 1. The minimum atomic E-state index is -2.52. The normalized spacial score (nSPS) is 20.4. The Hall–Kier alpha value is -2.32. The number of hydrogen-bond donors (Lipinski definition) is 1. The summed E-state index contributed by atoms with van der Waals surface area (Å²) in [6.07, 6.45) is 3.39. The van der Waals surface area contributed by atoms with Gasteiger partial charge in [-0.3, -0.25) is 14.2 Å². The van der Waals surface area contributed by atoms with Crippen LogP contribution in [0.4, 0.5) is 8.78 Å². The van der Waals surface area contributed by atoms with E-state index in [2.05, 4.69) is 20.7 Å². The van der Waals surface area contributed by atoms with E-state index in [9.17, 15) is 13.6 Å². The van der Waals surface area contributed by atoms with Gasteiger partial charge in [-0.25, -0.2) is 8.78 Å². The van der Waals surface area contributed by atoms with Crippen molar-refractivity contribution in [2.45, 2.75) is 44.6 Å². The average Bonchev–Trinajstić information content (AvgIpc) is 3.15. The molecule has 134 valence electrons. The van der Waals surface area contributed by atoms with Gasteiger partial charge in [0.25, 0.3) is 5.91 Å². The Labute approximate surface area is 143 Å². The third-order valence-electron chi connectivity index (χ3n) is 5.08. The molecular weight excluding hydrogens is 330 g/mol. The van der Waals surface area contributed by atoms with Gasteiger partial charge in [-0.05, 0) is 25.2 Å². The van der Waals surface area contributed by atoms with Gasteiger partial charge in [0, 0.05) is 38.5 Å². The molecule has 3 heterocycles. The Balaban J connectivity index is 1.53. The molecule has 1 aliphatic carbocycles. The molecule has 9 heteroatoms. The van der Waals surface area contributed by atoms with Gasteiger partial charge in [0.1, 0.15) is 17.1 Å². The predicted octanol–water partition coefficient (Wildman–Crippen LogP) is 1.79. The predicted molar refractivity (Wildman–Crippen MR) is 85.2 cm³/mol. The lowest BCUT2D eigenvalue weighted by Gasteiger charge is -2.27. The third kappa shape index (κ3) is 3.03. The van der Waals surface area contributed by atoms with E-state index in [1.54, 1.807) is 22.6 Å².